The molecule has 0 saturated carbocycles. The van der Waals surface area contributed by atoms with Crippen LogP contribution in [-0.2, 0) is 10.0 Å². The van der Waals surface area contributed by atoms with Gasteiger partial charge in [0.05, 0.1) is 0 Å². The summed E-state index contributed by atoms with van der Waals surface area (Å²) in [5, 5.41) is -0.820. The summed E-state index contributed by atoms with van der Waals surface area (Å²) in [5.74, 6) is 0. The summed E-state index contributed by atoms with van der Waals surface area (Å²) >= 11 is 0. The van der Waals surface area contributed by atoms with Crippen molar-refractivity contribution in [3.63, 3.8) is 0 Å². The van der Waals surface area contributed by atoms with Crippen molar-refractivity contribution in [2.75, 3.05) is 0 Å². The molecule has 1 aromatic rings. The number of halogens is 6. The standard InChI is InChI=1S/C16H22F6OSi/c1-11-7-9-12(10-8-11)14(15(17,18)19,16(20,21)22)23-24(5,6)13(2,3)4/h7-10H,1-6H3. The van der Waals surface area contributed by atoms with Gasteiger partial charge < -0.3 is 4.43 Å². The molecule has 0 saturated heterocycles. The maximum Gasteiger partial charge on any atom is 0.429 e. The molecule has 0 radical (unpaired) electrons. The number of aryl methyl sites for hydroxylation is 1. The summed E-state index contributed by atoms with van der Waals surface area (Å²) in [4.78, 5) is 0. The van der Waals surface area contributed by atoms with Gasteiger partial charge in [0.15, 0.2) is 8.32 Å². The van der Waals surface area contributed by atoms with E-state index in [1.54, 1.807) is 27.7 Å². The van der Waals surface area contributed by atoms with Crippen LogP contribution in [0.2, 0.25) is 18.1 Å². The molecule has 1 nitrogen and oxygen atoms in total. The fourth-order valence-corrected chi connectivity index (χ4v) is 3.41. The Labute approximate surface area is 139 Å². The quantitative estimate of drug-likeness (QED) is 0.444. The minimum Gasteiger partial charge on any atom is -0.393 e. The number of hydrogen-bond acceptors (Lipinski definition) is 1. The van der Waals surface area contributed by atoms with E-state index in [0.29, 0.717) is 5.56 Å². The molecule has 0 atom stereocenters. The molecule has 0 amide bonds. The van der Waals surface area contributed by atoms with Crippen molar-refractivity contribution in [1.82, 2.24) is 0 Å². The lowest BCUT2D eigenvalue weighted by Crippen LogP contribution is -2.62. The third-order valence-electron chi connectivity index (χ3n) is 4.47. The molecule has 0 N–H and O–H groups in total. The highest BCUT2D eigenvalue weighted by Crippen LogP contribution is 2.56. The first-order valence-corrected chi connectivity index (χ1v) is 10.3. The van der Waals surface area contributed by atoms with Gasteiger partial charge in [0.1, 0.15) is 0 Å². The molecule has 0 heterocycles. The van der Waals surface area contributed by atoms with Crippen LogP contribution in [0, 0.1) is 6.92 Å². The van der Waals surface area contributed by atoms with Crippen LogP contribution in [0.3, 0.4) is 0 Å². The average molecular weight is 372 g/mol. The molecule has 0 aliphatic rings. The van der Waals surface area contributed by atoms with Crippen LogP contribution >= 0.6 is 0 Å². The van der Waals surface area contributed by atoms with Gasteiger partial charge in [-0.15, -0.1) is 0 Å². The highest BCUT2D eigenvalue weighted by Gasteiger charge is 2.74. The molecule has 8 heteroatoms. The molecule has 0 aliphatic carbocycles. The van der Waals surface area contributed by atoms with Crippen molar-refractivity contribution < 1.29 is 30.8 Å². The van der Waals surface area contributed by atoms with Crippen LogP contribution in [0.4, 0.5) is 26.3 Å². The van der Waals surface area contributed by atoms with Crippen LogP contribution in [0.25, 0.3) is 0 Å². The zero-order valence-corrected chi connectivity index (χ0v) is 15.5. The van der Waals surface area contributed by atoms with E-state index in [2.05, 4.69) is 0 Å². The Morgan fingerprint density at radius 2 is 1.17 bits per heavy atom. The van der Waals surface area contributed by atoms with Gasteiger partial charge >= 0.3 is 12.4 Å². The van der Waals surface area contributed by atoms with Gasteiger partial charge in [-0.3, -0.25) is 0 Å². The predicted molar refractivity (Wildman–Crippen MR) is 83.2 cm³/mol. The van der Waals surface area contributed by atoms with Crippen LogP contribution in [0.5, 0.6) is 0 Å². The zero-order valence-electron chi connectivity index (χ0n) is 14.5. The number of hydrogen-bond donors (Lipinski definition) is 0. The molecular weight excluding hydrogens is 350 g/mol. The third-order valence-corrected chi connectivity index (χ3v) is 8.90. The summed E-state index contributed by atoms with van der Waals surface area (Å²) < 4.78 is 87.6. The summed E-state index contributed by atoms with van der Waals surface area (Å²) in [5.41, 5.74) is -4.72. The van der Waals surface area contributed by atoms with E-state index in [1.165, 1.54) is 25.2 Å². The lowest BCUT2D eigenvalue weighted by Gasteiger charge is -2.46. The topological polar surface area (TPSA) is 9.23 Å². The third kappa shape index (κ3) is 3.64. The van der Waals surface area contributed by atoms with Gasteiger partial charge in [-0.05, 0) is 25.1 Å². The molecule has 1 rings (SSSR count). The Balaban J connectivity index is 3.71. The van der Waals surface area contributed by atoms with Gasteiger partial charge in [0.2, 0.25) is 0 Å². The van der Waals surface area contributed by atoms with E-state index in [4.69, 9.17) is 4.43 Å². The summed E-state index contributed by atoms with van der Waals surface area (Å²) in [6.45, 7) is 9.09. The lowest BCUT2D eigenvalue weighted by molar-refractivity contribution is -0.369. The Morgan fingerprint density at radius 1 is 0.792 bits per heavy atom. The highest BCUT2D eigenvalue weighted by atomic mass is 28.4. The zero-order chi connectivity index (χ0) is 19.2. The van der Waals surface area contributed by atoms with Gasteiger partial charge in [-0.1, -0.05) is 50.6 Å². The van der Waals surface area contributed by atoms with E-state index in [9.17, 15) is 26.3 Å². The molecule has 0 bridgehead atoms. The number of alkyl halides is 6. The van der Waals surface area contributed by atoms with Crippen molar-refractivity contribution in [1.29, 1.82) is 0 Å². The first kappa shape index (κ1) is 21.0. The Hall–Kier alpha value is -1.02. The Bertz CT molecular complexity index is 552. The van der Waals surface area contributed by atoms with E-state index >= 15 is 0 Å². The van der Waals surface area contributed by atoms with E-state index in [0.717, 1.165) is 12.1 Å². The molecule has 1 aromatic carbocycles. The molecule has 0 spiro atoms. The maximum atomic E-state index is 13.8. The first-order chi connectivity index (χ1) is 10.5. The number of benzene rings is 1. The van der Waals surface area contributed by atoms with Crippen molar-refractivity contribution in [3.8, 4) is 0 Å². The smallest absolute Gasteiger partial charge is 0.393 e. The van der Waals surface area contributed by atoms with Gasteiger partial charge in [0.25, 0.3) is 5.60 Å². The molecule has 0 fully saturated rings. The minimum atomic E-state index is -5.64. The average Bonchev–Trinajstić information content (AvgIpc) is 2.32. The largest absolute Gasteiger partial charge is 0.429 e. The van der Waals surface area contributed by atoms with Crippen molar-refractivity contribution in [2.24, 2.45) is 0 Å². The van der Waals surface area contributed by atoms with E-state index in [-0.39, 0.29) is 0 Å². The molecule has 24 heavy (non-hydrogen) atoms. The van der Waals surface area contributed by atoms with Crippen LogP contribution in [0.1, 0.15) is 31.9 Å². The minimum absolute atomic E-state index is 0.560. The van der Waals surface area contributed by atoms with E-state index in [1.807, 2.05) is 0 Å². The Kier molecular flexibility index (Phi) is 5.30. The molecule has 0 aliphatic heterocycles. The molecule has 0 unspecified atom stereocenters. The van der Waals surface area contributed by atoms with Crippen LogP contribution in [-0.4, -0.2) is 20.7 Å². The second-order valence-electron chi connectivity index (χ2n) is 7.41. The maximum absolute atomic E-state index is 13.8. The molecule has 138 valence electrons. The Morgan fingerprint density at radius 3 is 1.46 bits per heavy atom. The van der Waals surface area contributed by atoms with E-state index < -0.39 is 36.9 Å². The summed E-state index contributed by atoms with van der Waals surface area (Å²) in [7, 11) is -3.40. The monoisotopic (exact) mass is 372 g/mol. The normalized spacial score (nSPS) is 14.8. The first-order valence-electron chi connectivity index (χ1n) is 7.36. The highest BCUT2D eigenvalue weighted by molar-refractivity contribution is 6.74. The van der Waals surface area contributed by atoms with Gasteiger partial charge in [-0.2, -0.15) is 26.3 Å². The van der Waals surface area contributed by atoms with Gasteiger partial charge in [-0.25, -0.2) is 0 Å². The fraction of sp³-hybridized carbons (Fsp3) is 0.625. The molecule has 0 aromatic heterocycles. The second kappa shape index (κ2) is 6.05. The second-order valence-corrected chi connectivity index (χ2v) is 12.1. The van der Waals surface area contributed by atoms with Crippen LogP contribution < -0.4 is 0 Å². The fourth-order valence-electron chi connectivity index (χ4n) is 1.99. The summed E-state index contributed by atoms with van der Waals surface area (Å²) in [6, 6.07) is 4.11. The van der Waals surface area contributed by atoms with Gasteiger partial charge in [0, 0.05) is 5.56 Å². The van der Waals surface area contributed by atoms with Crippen molar-refractivity contribution in [3.05, 3.63) is 35.4 Å². The van der Waals surface area contributed by atoms with Crippen molar-refractivity contribution >= 4 is 8.32 Å². The number of rotatable bonds is 3. The lowest BCUT2D eigenvalue weighted by atomic mass is 9.91. The molecular formula is C16H22F6OSi. The van der Waals surface area contributed by atoms with Crippen molar-refractivity contribution in [2.45, 2.75) is 63.8 Å². The summed E-state index contributed by atoms with van der Waals surface area (Å²) in [6.07, 6.45) is -11.3. The predicted octanol–water partition coefficient (Wildman–Crippen LogP) is 6.34. The van der Waals surface area contributed by atoms with Crippen LogP contribution in [0.15, 0.2) is 24.3 Å². The SMILES string of the molecule is Cc1ccc(C(O[Si](C)(C)C(C)(C)C)(C(F)(F)F)C(F)(F)F)cc1.